The lowest BCUT2D eigenvalue weighted by Gasteiger charge is -2.04. The maximum absolute atomic E-state index is 11.8. The number of nitrogens with zero attached hydrogens (tertiary/aromatic N) is 1. The highest BCUT2D eigenvalue weighted by molar-refractivity contribution is 7.09. The number of hydrogen-bond acceptors (Lipinski definition) is 4. The molecule has 2 N–H and O–H groups in total. The normalized spacial score (nSPS) is 10.3. The predicted molar refractivity (Wildman–Crippen MR) is 80.7 cm³/mol. The predicted octanol–water partition coefficient (Wildman–Crippen LogP) is 2.05. The van der Waals surface area contributed by atoms with Crippen LogP contribution in [-0.4, -0.2) is 28.5 Å². The van der Waals surface area contributed by atoms with Crippen molar-refractivity contribution in [1.29, 1.82) is 0 Å². The lowest BCUT2D eigenvalue weighted by atomic mass is 10.1. The Balaban J connectivity index is 1.77. The number of carboxylic acids is 1. The molecule has 0 aliphatic rings. The second-order valence-corrected chi connectivity index (χ2v) is 5.70. The highest BCUT2D eigenvalue weighted by Gasteiger charge is 2.06. The summed E-state index contributed by atoms with van der Waals surface area (Å²) in [5, 5.41) is 14.7. The fourth-order valence-electron chi connectivity index (χ4n) is 1.87. The van der Waals surface area contributed by atoms with Crippen LogP contribution in [0.4, 0.5) is 0 Å². The third-order valence-electron chi connectivity index (χ3n) is 2.94. The number of carbonyl (C=O) groups excluding carboxylic acids is 1. The molecule has 2 rings (SSSR count). The van der Waals surface area contributed by atoms with Crippen LogP contribution in [0.1, 0.15) is 26.6 Å². The van der Waals surface area contributed by atoms with Crippen molar-refractivity contribution >= 4 is 23.2 Å². The van der Waals surface area contributed by atoms with Gasteiger partial charge in [-0.15, -0.1) is 11.3 Å². The topological polar surface area (TPSA) is 79.3 Å². The third-order valence-corrected chi connectivity index (χ3v) is 3.76. The molecule has 0 atom stereocenters. The summed E-state index contributed by atoms with van der Waals surface area (Å²) in [6, 6.07) is 6.33. The molecule has 0 fully saturated rings. The minimum atomic E-state index is -0.968. The van der Waals surface area contributed by atoms with Crippen molar-refractivity contribution < 1.29 is 14.7 Å². The van der Waals surface area contributed by atoms with E-state index in [2.05, 4.69) is 10.3 Å². The molecule has 0 aliphatic carbocycles. The second kappa shape index (κ2) is 6.99. The number of aromatic nitrogens is 1. The van der Waals surface area contributed by atoms with Gasteiger partial charge in [0.15, 0.2) is 0 Å². The quantitative estimate of drug-likeness (QED) is 0.856. The van der Waals surface area contributed by atoms with Gasteiger partial charge in [0.05, 0.1) is 22.7 Å². The maximum atomic E-state index is 11.8. The number of aryl methyl sites for hydroxylation is 1. The Kier molecular flexibility index (Phi) is 5.05. The average molecular weight is 304 g/mol. The fourth-order valence-corrected chi connectivity index (χ4v) is 2.51. The van der Waals surface area contributed by atoms with Gasteiger partial charge in [0.2, 0.25) is 5.91 Å². The largest absolute Gasteiger partial charge is 0.478 e. The number of nitrogens with one attached hydrogen (secondary N) is 1. The molecule has 1 aromatic heterocycles. The number of carboxylic acid groups (broad SMARTS) is 1. The first-order valence-electron chi connectivity index (χ1n) is 6.54. The van der Waals surface area contributed by atoms with Gasteiger partial charge in [-0.1, -0.05) is 12.1 Å². The molecule has 0 bridgehead atoms. The number of rotatable bonds is 6. The number of aromatic carboxylic acids is 1. The van der Waals surface area contributed by atoms with Gasteiger partial charge in [-0.25, -0.2) is 9.78 Å². The Morgan fingerprint density at radius 3 is 2.57 bits per heavy atom. The van der Waals surface area contributed by atoms with Gasteiger partial charge in [-0.3, -0.25) is 4.79 Å². The van der Waals surface area contributed by atoms with Crippen LogP contribution in [0.15, 0.2) is 29.6 Å². The number of amides is 1. The van der Waals surface area contributed by atoms with Crippen molar-refractivity contribution in [2.75, 3.05) is 6.54 Å². The zero-order valence-corrected chi connectivity index (χ0v) is 12.4. The Hall–Kier alpha value is -2.21. The van der Waals surface area contributed by atoms with Crippen molar-refractivity contribution in [1.82, 2.24) is 10.3 Å². The van der Waals surface area contributed by atoms with E-state index in [0.29, 0.717) is 13.0 Å². The Labute approximate surface area is 126 Å². The molecule has 110 valence electrons. The summed E-state index contributed by atoms with van der Waals surface area (Å²) < 4.78 is 0. The van der Waals surface area contributed by atoms with E-state index in [9.17, 15) is 9.59 Å². The molecule has 0 spiro atoms. The van der Waals surface area contributed by atoms with Gasteiger partial charge < -0.3 is 10.4 Å². The lowest BCUT2D eigenvalue weighted by molar-refractivity contribution is -0.120. The Bertz CT molecular complexity index is 635. The van der Waals surface area contributed by atoms with E-state index in [0.717, 1.165) is 16.3 Å². The molecule has 21 heavy (non-hydrogen) atoms. The first-order valence-corrected chi connectivity index (χ1v) is 7.42. The fraction of sp³-hybridized carbons (Fsp3) is 0.267. The molecule has 1 aromatic carbocycles. The van der Waals surface area contributed by atoms with Crippen LogP contribution in [0.2, 0.25) is 0 Å². The Morgan fingerprint density at radius 1 is 1.29 bits per heavy atom. The minimum absolute atomic E-state index is 0.0787. The molecule has 1 heterocycles. The van der Waals surface area contributed by atoms with Crippen LogP contribution >= 0.6 is 11.3 Å². The smallest absolute Gasteiger partial charge is 0.335 e. The van der Waals surface area contributed by atoms with Crippen molar-refractivity contribution in [3.63, 3.8) is 0 Å². The molecule has 0 saturated carbocycles. The molecule has 2 aromatic rings. The van der Waals surface area contributed by atoms with Gasteiger partial charge in [-0.2, -0.15) is 0 Å². The van der Waals surface area contributed by atoms with Gasteiger partial charge in [0.1, 0.15) is 0 Å². The highest BCUT2D eigenvalue weighted by Crippen LogP contribution is 2.08. The molecule has 0 saturated heterocycles. The molecule has 0 aliphatic heterocycles. The molecule has 5 nitrogen and oxygen atoms in total. The monoisotopic (exact) mass is 304 g/mol. The van der Waals surface area contributed by atoms with E-state index in [1.54, 1.807) is 23.5 Å². The van der Waals surface area contributed by atoms with E-state index >= 15 is 0 Å². The number of benzene rings is 1. The van der Waals surface area contributed by atoms with Gasteiger partial charge >= 0.3 is 5.97 Å². The first-order chi connectivity index (χ1) is 10.0. The zero-order valence-electron chi connectivity index (χ0n) is 11.6. The molecular weight excluding hydrogens is 288 g/mol. The van der Waals surface area contributed by atoms with Crippen LogP contribution in [0, 0.1) is 6.92 Å². The van der Waals surface area contributed by atoms with Crippen LogP contribution in [0.5, 0.6) is 0 Å². The lowest BCUT2D eigenvalue weighted by Crippen LogP contribution is -2.27. The van der Waals surface area contributed by atoms with E-state index < -0.39 is 5.97 Å². The van der Waals surface area contributed by atoms with Crippen LogP contribution < -0.4 is 5.32 Å². The molecule has 1 amide bonds. The number of thiazole rings is 1. The van der Waals surface area contributed by atoms with E-state index in [1.165, 1.54) is 12.1 Å². The standard InChI is InChI=1S/C15H16N2O3S/c1-10-17-13(9-21-10)6-7-16-14(18)8-11-2-4-12(5-3-11)15(19)20/h2-5,9H,6-8H2,1H3,(H,16,18)(H,19,20). The van der Waals surface area contributed by atoms with Crippen LogP contribution in [0.25, 0.3) is 0 Å². The third kappa shape index (κ3) is 4.68. The van der Waals surface area contributed by atoms with Crippen molar-refractivity contribution in [3.05, 3.63) is 51.5 Å². The summed E-state index contributed by atoms with van der Waals surface area (Å²) in [6.45, 7) is 2.50. The average Bonchev–Trinajstić information content (AvgIpc) is 2.85. The number of carbonyl (C=O) groups is 2. The van der Waals surface area contributed by atoms with Gasteiger partial charge in [-0.05, 0) is 24.6 Å². The van der Waals surface area contributed by atoms with E-state index in [1.807, 2.05) is 12.3 Å². The molecule has 0 unspecified atom stereocenters. The van der Waals surface area contributed by atoms with Crippen molar-refractivity contribution in [3.8, 4) is 0 Å². The van der Waals surface area contributed by atoms with Gasteiger partial charge in [0.25, 0.3) is 0 Å². The summed E-state index contributed by atoms with van der Waals surface area (Å²) in [7, 11) is 0. The summed E-state index contributed by atoms with van der Waals surface area (Å²) in [5.41, 5.74) is 2.00. The number of hydrogen-bond donors (Lipinski definition) is 2. The van der Waals surface area contributed by atoms with Crippen LogP contribution in [0.3, 0.4) is 0 Å². The van der Waals surface area contributed by atoms with Crippen molar-refractivity contribution in [2.24, 2.45) is 0 Å². The minimum Gasteiger partial charge on any atom is -0.478 e. The summed E-state index contributed by atoms with van der Waals surface area (Å²) >= 11 is 1.60. The Morgan fingerprint density at radius 2 is 2.00 bits per heavy atom. The maximum Gasteiger partial charge on any atom is 0.335 e. The summed E-state index contributed by atoms with van der Waals surface area (Å²) in [5.74, 6) is -1.05. The second-order valence-electron chi connectivity index (χ2n) is 4.64. The molecule has 0 radical (unpaired) electrons. The van der Waals surface area contributed by atoms with E-state index in [-0.39, 0.29) is 17.9 Å². The highest BCUT2D eigenvalue weighted by atomic mass is 32.1. The van der Waals surface area contributed by atoms with Crippen LogP contribution in [-0.2, 0) is 17.6 Å². The first kappa shape index (κ1) is 15.2. The van der Waals surface area contributed by atoms with E-state index in [4.69, 9.17) is 5.11 Å². The summed E-state index contributed by atoms with van der Waals surface area (Å²) in [4.78, 5) is 26.8. The van der Waals surface area contributed by atoms with Crippen molar-refractivity contribution in [2.45, 2.75) is 19.8 Å². The zero-order chi connectivity index (χ0) is 15.2. The molecule has 6 heteroatoms. The SMILES string of the molecule is Cc1nc(CCNC(=O)Cc2ccc(C(=O)O)cc2)cs1. The summed E-state index contributed by atoms with van der Waals surface area (Å²) in [6.07, 6.45) is 0.962. The van der Waals surface area contributed by atoms with Gasteiger partial charge in [0, 0.05) is 18.3 Å². The molecular formula is C15H16N2O3S.